The van der Waals surface area contributed by atoms with Gasteiger partial charge in [-0.1, -0.05) is 11.6 Å². The van der Waals surface area contributed by atoms with E-state index < -0.39 is 47.6 Å². The molecule has 1 aromatic rings. The number of carbonyl (C=O) groups is 3. The highest BCUT2D eigenvalue weighted by Crippen LogP contribution is 2.34. The van der Waals surface area contributed by atoms with Crippen molar-refractivity contribution in [3.8, 4) is 0 Å². The number of primary amides is 1. The Morgan fingerprint density at radius 1 is 1.19 bits per heavy atom. The molecule has 3 unspecified atom stereocenters. The van der Waals surface area contributed by atoms with Gasteiger partial charge in [-0.25, -0.2) is 0 Å². The van der Waals surface area contributed by atoms with Crippen LogP contribution in [0.25, 0.3) is 0 Å². The van der Waals surface area contributed by atoms with Gasteiger partial charge in [0.15, 0.2) is 0 Å². The number of likely N-dealkylation sites (tertiary alicyclic amines) is 2. The predicted molar refractivity (Wildman–Crippen MR) is 103 cm³/mol. The number of nitrogens with one attached hydrogen (secondary N) is 1. The van der Waals surface area contributed by atoms with E-state index in [0.717, 1.165) is 17.0 Å². The molecule has 2 saturated heterocycles. The third-order valence-corrected chi connectivity index (χ3v) is 5.86. The topological polar surface area (TPSA) is 119 Å². The van der Waals surface area contributed by atoms with Crippen LogP contribution < -0.4 is 16.2 Å². The Morgan fingerprint density at radius 2 is 1.90 bits per heavy atom. The van der Waals surface area contributed by atoms with Crippen molar-refractivity contribution >= 4 is 35.2 Å². The van der Waals surface area contributed by atoms with Crippen molar-refractivity contribution in [1.29, 1.82) is 0 Å². The first-order valence-corrected chi connectivity index (χ1v) is 10.0. The molecule has 0 radical (unpaired) electrons. The maximum absolute atomic E-state index is 13.1. The van der Waals surface area contributed by atoms with Crippen molar-refractivity contribution in [3.63, 3.8) is 0 Å². The molecule has 3 atom stereocenters. The number of amides is 3. The van der Waals surface area contributed by atoms with Crippen molar-refractivity contribution < 1.29 is 32.7 Å². The van der Waals surface area contributed by atoms with Crippen molar-refractivity contribution in [2.24, 2.45) is 11.7 Å². The smallest absolute Gasteiger partial charge is 0.416 e. The van der Waals surface area contributed by atoms with E-state index in [4.69, 9.17) is 17.3 Å². The second-order valence-electron chi connectivity index (χ2n) is 7.67. The summed E-state index contributed by atoms with van der Waals surface area (Å²) in [5.74, 6) is -1.83. The number of alkyl halides is 3. The van der Waals surface area contributed by atoms with E-state index >= 15 is 0 Å². The van der Waals surface area contributed by atoms with Gasteiger partial charge in [0.1, 0.15) is 12.1 Å². The molecular weight excluding hydrogens is 441 g/mol. The Morgan fingerprint density at radius 3 is 2.52 bits per heavy atom. The van der Waals surface area contributed by atoms with Crippen molar-refractivity contribution in [2.45, 2.75) is 37.5 Å². The summed E-state index contributed by atoms with van der Waals surface area (Å²) in [6.07, 6.45) is -5.01. The summed E-state index contributed by atoms with van der Waals surface area (Å²) < 4.78 is 39.2. The number of halogens is 4. The minimum absolute atomic E-state index is 0.0338. The Kier molecular flexibility index (Phi) is 6.54. The summed E-state index contributed by atoms with van der Waals surface area (Å²) in [5.41, 5.74) is 4.55. The van der Waals surface area contributed by atoms with Gasteiger partial charge in [0.25, 0.3) is 0 Å². The average molecular weight is 462 g/mol. The number of hydrogen-bond acceptors (Lipinski definition) is 5. The van der Waals surface area contributed by atoms with Crippen LogP contribution in [0, 0.1) is 5.92 Å². The molecule has 2 fully saturated rings. The van der Waals surface area contributed by atoms with Crippen LogP contribution in [-0.2, 0) is 15.8 Å². The van der Waals surface area contributed by atoms with Crippen molar-refractivity contribution in [3.05, 3.63) is 28.8 Å². The van der Waals surface area contributed by atoms with Gasteiger partial charge in [0, 0.05) is 30.3 Å². The van der Waals surface area contributed by atoms with Gasteiger partial charge in [-0.05, 0) is 37.5 Å². The lowest BCUT2D eigenvalue weighted by atomic mass is 9.88. The van der Waals surface area contributed by atoms with Crippen LogP contribution in [-0.4, -0.2) is 59.4 Å². The zero-order chi connectivity index (χ0) is 22.9. The maximum atomic E-state index is 13.1. The van der Waals surface area contributed by atoms with Crippen molar-refractivity contribution in [1.82, 2.24) is 9.80 Å². The summed E-state index contributed by atoms with van der Waals surface area (Å²) >= 11 is 5.81. The van der Waals surface area contributed by atoms with Crippen LogP contribution >= 0.6 is 11.6 Å². The van der Waals surface area contributed by atoms with Gasteiger partial charge in [-0.15, -0.1) is 0 Å². The monoisotopic (exact) mass is 461 g/mol. The van der Waals surface area contributed by atoms with Gasteiger partial charge in [0.05, 0.1) is 17.5 Å². The van der Waals surface area contributed by atoms with E-state index in [9.17, 15) is 32.7 Å². The molecule has 0 aromatic heterocycles. The second kappa shape index (κ2) is 8.81. The van der Waals surface area contributed by atoms with Gasteiger partial charge in [0.2, 0.25) is 11.8 Å². The highest BCUT2D eigenvalue weighted by Gasteiger charge is 2.42. The molecule has 0 bridgehead atoms. The molecule has 3 rings (SSSR count). The summed E-state index contributed by atoms with van der Waals surface area (Å²) in [4.78, 5) is 38.7. The fourth-order valence-electron chi connectivity index (χ4n) is 4.15. The number of benzene rings is 1. The van der Waals surface area contributed by atoms with Gasteiger partial charge >= 0.3 is 6.18 Å². The highest BCUT2D eigenvalue weighted by molar-refractivity contribution is 6.31. The normalized spacial score (nSPS) is 24.8. The fourth-order valence-corrected chi connectivity index (χ4v) is 4.38. The number of carbonyl (C=O) groups excluding carboxylic acids is 3. The Bertz CT molecular complexity index is 882. The van der Waals surface area contributed by atoms with E-state index in [0.29, 0.717) is 12.8 Å². The Hall–Kier alpha value is -2.69. The second-order valence-corrected chi connectivity index (χ2v) is 8.11. The summed E-state index contributed by atoms with van der Waals surface area (Å²) in [7, 11) is 0. The number of nitrogens with zero attached hydrogens (tertiary/aromatic N) is 2. The molecule has 31 heavy (non-hydrogen) atoms. The van der Waals surface area contributed by atoms with Gasteiger partial charge in [-0.3, -0.25) is 9.59 Å². The standard InChI is InChI=1S/C19H22ClF3N4O4/c20-11-6-10(19(21,22)23)7-12(8-11)25-14-2-1-4-27(17(14)29)15-9-26(18(30)31)5-3-13(15)16(24)28/h6-8,13-15,25H,1-5,9H2,(H2,24,28)(H,30,31)/p-1. The molecule has 2 aliphatic heterocycles. The molecule has 0 spiro atoms. The zero-order valence-electron chi connectivity index (χ0n) is 16.3. The number of rotatable bonds is 4. The molecule has 3 N–H and O–H groups in total. The average Bonchev–Trinajstić information content (AvgIpc) is 2.68. The van der Waals surface area contributed by atoms with E-state index in [1.54, 1.807) is 0 Å². The van der Waals surface area contributed by atoms with Crippen LogP contribution in [0.15, 0.2) is 18.2 Å². The number of anilines is 1. The van der Waals surface area contributed by atoms with Crippen LogP contribution in [0.4, 0.5) is 23.7 Å². The Balaban J connectivity index is 1.81. The minimum atomic E-state index is -4.60. The first kappa shape index (κ1) is 23.0. The predicted octanol–water partition coefficient (Wildman–Crippen LogP) is 1.28. The van der Waals surface area contributed by atoms with Crippen LogP contribution in [0.5, 0.6) is 0 Å². The lowest BCUT2D eigenvalue weighted by Gasteiger charge is -2.46. The molecular formula is C19H21ClF3N4O4-. The molecule has 8 nitrogen and oxygen atoms in total. The quantitative estimate of drug-likeness (QED) is 0.700. The minimum Gasteiger partial charge on any atom is -0.530 e. The van der Waals surface area contributed by atoms with Crippen LogP contribution in [0.3, 0.4) is 0 Å². The first-order valence-electron chi connectivity index (χ1n) is 9.67. The lowest BCUT2D eigenvalue weighted by molar-refractivity contribution is -0.267. The molecule has 3 amide bonds. The fraction of sp³-hybridized carbons (Fsp3) is 0.526. The zero-order valence-corrected chi connectivity index (χ0v) is 17.1. The molecule has 0 aliphatic carbocycles. The molecule has 1 aromatic carbocycles. The maximum Gasteiger partial charge on any atom is 0.416 e. The summed E-state index contributed by atoms with van der Waals surface area (Å²) in [6.45, 7) is 0.221. The van der Waals surface area contributed by atoms with E-state index in [2.05, 4.69) is 5.32 Å². The van der Waals surface area contributed by atoms with Crippen LogP contribution in [0.2, 0.25) is 5.02 Å². The number of hydrogen-bond donors (Lipinski definition) is 2. The van der Waals surface area contributed by atoms with E-state index in [1.807, 2.05) is 0 Å². The van der Waals surface area contributed by atoms with Gasteiger partial charge in [-0.2, -0.15) is 13.2 Å². The lowest BCUT2D eigenvalue weighted by Crippen LogP contribution is -2.63. The third-order valence-electron chi connectivity index (χ3n) is 5.64. The van der Waals surface area contributed by atoms with Crippen molar-refractivity contribution in [2.75, 3.05) is 25.0 Å². The summed E-state index contributed by atoms with van der Waals surface area (Å²) in [5, 5.41) is 13.9. The third kappa shape index (κ3) is 5.15. The SMILES string of the molecule is NC(=O)C1CCN(C(=O)[O-])CC1N1CCCC(Nc2cc(Cl)cc(C(F)(F)F)c2)C1=O. The largest absolute Gasteiger partial charge is 0.530 e. The molecule has 12 heteroatoms. The molecule has 2 aliphatic rings. The number of piperidine rings is 2. The molecule has 0 saturated carbocycles. The highest BCUT2D eigenvalue weighted by atomic mass is 35.5. The van der Waals surface area contributed by atoms with Gasteiger partial charge < -0.3 is 30.8 Å². The molecule has 170 valence electrons. The number of nitrogens with two attached hydrogens (primary N) is 1. The van der Waals surface area contributed by atoms with E-state index in [1.165, 1.54) is 11.0 Å². The van der Waals surface area contributed by atoms with E-state index in [-0.39, 0.29) is 36.8 Å². The Labute approximate surface area is 181 Å². The summed E-state index contributed by atoms with van der Waals surface area (Å²) in [6, 6.07) is 1.30. The number of carboxylic acid groups (broad SMARTS) is 1. The van der Waals surface area contributed by atoms with Crippen LogP contribution in [0.1, 0.15) is 24.8 Å². The first-order chi connectivity index (χ1) is 14.5. The molecule has 2 heterocycles.